The van der Waals surface area contributed by atoms with E-state index in [0.29, 0.717) is 18.9 Å². The zero-order chi connectivity index (χ0) is 19.6. The van der Waals surface area contributed by atoms with Crippen molar-refractivity contribution < 1.29 is 4.79 Å². The first kappa shape index (κ1) is 19.5. The molecule has 150 valence electrons. The Hall–Kier alpha value is -1.86. The molecule has 4 rings (SSSR count). The van der Waals surface area contributed by atoms with Gasteiger partial charge in [-0.3, -0.25) is 14.7 Å². The molecule has 0 N–H and O–H groups in total. The molecular formula is C21H29N5OS. The largest absolute Gasteiger partial charge is 0.336 e. The van der Waals surface area contributed by atoms with Gasteiger partial charge in [-0.2, -0.15) is 0 Å². The molecule has 2 aliphatic heterocycles. The molecule has 2 saturated heterocycles. The van der Waals surface area contributed by atoms with Crippen molar-refractivity contribution in [3.63, 3.8) is 0 Å². The van der Waals surface area contributed by atoms with E-state index in [-0.39, 0.29) is 11.3 Å². The average Bonchev–Trinajstić information content (AvgIpc) is 3.16. The Morgan fingerprint density at radius 1 is 1.18 bits per heavy atom. The molecule has 0 saturated carbocycles. The minimum Gasteiger partial charge on any atom is -0.336 e. The smallest absolute Gasteiger partial charge is 0.222 e. The van der Waals surface area contributed by atoms with Gasteiger partial charge in [-0.05, 0) is 67.4 Å². The molecule has 28 heavy (non-hydrogen) atoms. The van der Waals surface area contributed by atoms with Crippen molar-refractivity contribution in [1.82, 2.24) is 24.4 Å². The van der Waals surface area contributed by atoms with Crippen LogP contribution in [0.5, 0.6) is 0 Å². The Labute approximate surface area is 171 Å². The van der Waals surface area contributed by atoms with Crippen LogP contribution < -0.4 is 0 Å². The quantitative estimate of drug-likeness (QED) is 0.770. The number of hydrogen-bond donors (Lipinski definition) is 0. The summed E-state index contributed by atoms with van der Waals surface area (Å²) >= 11 is 1.54. The lowest BCUT2D eigenvalue weighted by molar-refractivity contribution is -0.140. The number of hydrogen-bond acceptors (Lipinski definition) is 6. The highest BCUT2D eigenvalue weighted by molar-refractivity contribution is 7.05. The summed E-state index contributed by atoms with van der Waals surface area (Å²) in [6.45, 7) is 8.99. The molecule has 0 radical (unpaired) electrons. The van der Waals surface area contributed by atoms with Crippen LogP contribution in [0.2, 0.25) is 0 Å². The SMILES string of the molecule is CC(C)c1nnsc1CN1CCC2(CCC(=O)N(Cc3ccccn3)C2)CC1. The predicted molar refractivity (Wildman–Crippen MR) is 110 cm³/mol. The summed E-state index contributed by atoms with van der Waals surface area (Å²) in [5.74, 6) is 0.699. The van der Waals surface area contributed by atoms with E-state index in [1.807, 2.05) is 23.1 Å². The molecule has 0 aliphatic carbocycles. The molecule has 0 unspecified atom stereocenters. The van der Waals surface area contributed by atoms with Gasteiger partial charge in [0.2, 0.25) is 5.91 Å². The molecule has 2 aliphatic rings. The summed E-state index contributed by atoms with van der Waals surface area (Å²) in [6, 6.07) is 5.92. The van der Waals surface area contributed by atoms with Crippen LogP contribution in [0.1, 0.15) is 61.7 Å². The number of carbonyl (C=O) groups is 1. The van der Waals surface area contributed by atoms with Crippen LogP contribution in [0, 0.1) is 5.41 Å². The maximum atomic E-state index is 12.5. The molecule has 2 aromatic rings. The summed E-state index contributed by atoms with van der Waals surface area (Å²) in [7, 11) is 0. The Kier molecular flexibility index (Phi) is 5.73. The van der Waals surface area contributed by atoms with Gasteiger partial charge in [0.05, 0.1) is 22.8 Å². The van der Waals surface area contributed by atoms with Crippen LogP contribution in [0.3, 0.4) is 0 Å². The van der Waals surface area contributed by atoms with Crippen LogP contribution >= 0.6 is 11.5 Å². The Bertz CT molecular complexity index is 798. The molecule has 2 fully saturated rings. The first-order valence-electron chi connectivity index (χ1n) is 10.3. The number of piperidine rings is 2. The second-order valence-corrected chi connectivity index (χ2v) is 9.42. The fourth-order valence-corrected chi connectivity index (χ4v) is 5.33. The van der Waals surface area contributed by atoms with Crippen molar-refractivity contribution in [2.24, 2.45) is 5.41 Å². The van der Waals surface area contributed by atoms with Crippen LogP contribution in [-0.2, 0) is 17.9 Å². The highest BCUT2D eigenvalue weighted by Gasteiger charge is 2.41. The number of rotatable bonds is 5. The molecule has 0 bridgehead atoms. The normalized spacial score (nSPS) is 20.2. The van der Waals surface area contributed by atoms with E-state index < -0.39 is 0 Å². The maximum Gasteiger partial charge on any atom is 0.222 e. The summed E-state index contributed by atoms with van der Waals surface area (Å²) in [6.07, 6.45) is 5.81. The molecule has 7 heteroatoms. The lowest BCUT2D eigenvalue weighted by atomic mass is 9.72. The zero-order valence-corrected chi connectivity index (χ0v) is 17.6. The molecule has 4 heterocycles. The summed E-state index contributed by atoms with van der Waals surface area (Å²) < 4.78 is 4.17. The molecular weight excluding hydrogens is 370 g/mol. The minimum atomic E-state index is 0.270. The molecule has 1 amide bonds. The number of pyridine rings is 1. The van der Waals surface area contributed by atoms with Crippen molar-refractivity contribution in [1.29, 1.82) is 0 Å². The van der Waals surface area contributed by atoms with Crippen molar-refractivity contribution in [3.05, 3.63) is 40.7 Å². The Morgan fingerprint density at radius 2 is 2.00 bits per heavy atom. The van der Waals surface area contributed by atoms with Crippen molar-refractivity contribution in [2.45, 2.75) is 58.5 Å². The van der Waals surface area contributed by atoms with Gasteiger partial charge in [0.25, 0.3) is 0 Å². The van der Waals surface area contributed by atoms with E-state index in [0.717, 1.165) is 56.8 Å². The second kappa shape index (κ2) is 8.25. The number of carbonyl (C=O) groups excluding carboxylic acids is 1. The third kappa shape index (κ3) is 4.25. The number of aromatic nitrogens is 3. The maximum absolute atomic E-state index is 12.5. The van der Waals surface area contributed by atoms with Gasteiger partial charge < -0.3 is 4.90 Å². The fraction of sp³-hybridized carbons (Fsp3) is 0.619. The van der Waals surface area contributed by atoms with E-state index in [2.05, 4.69) is 33.3 Å². The van der Waals surface area contributed by atoms with Gasteiger partial charge in [-0.15, -0.1) is 5.10 Å². The fourth-order valence-electron chi connectivity index (χ4n) is 4.49. The van der Waals surface area contributed by atoms with Crippen molar-refractivity contribution in [2.75, 3.05) is 19.6 Å². The average molecular weight is 400 g/mol. The number of nitrogens with zero attached hydrogens (tertiary/aromatic N) is 5. The lowest BCUT2D eigenvalue weighted by Crippen LogP contribution is -2.51. The van der Waals surface area contributed by atoms with Gasteiger partial charge >= 0.3 is 0 Å². The predicted octanol–water partition coefficient (Wildman–Crippen LogP) is 3.46. The first-order valence-corrected chi connectivity index (χ1v) is 11.0. The van der Waals surface area contributed by atoms with E-state index in [1.54, 1.807) is 6.20 Å². The molecule has 0 aromatic carbocycles. The third-order valence-corrected chi connectivity index (χ3v) is 6.97. The lowest BCUT2D eigenvalue weighted by Gasteiger charge is -2.47. The van der Waals surface area contributed by atoms with E-state index in [9.17, 15) is 4.79 Å². The minimum absolute atomic E-state index is 0.270. The Morgan fingerprint density at radius 3 is 2.71 bits per heavy atom. The highest BCUT2D eigenvalue weighted by atomic mass is 32.1. The van der Waals surface area contributed by atoms with Gasteiger partial charge in [-0.1, -0.05) is 24.4 Å². The third-order valence-electron chi connectivity index (χ3n) is 6.24. The molecule has 2 aromatic heterocycles. The topological polar surface area (TPSA) is 62.2 Å². The van der Waals surface area contributed by atoms with E-state index >= 15 is 0 Å². The van der Waals surface area contributed by atoms with E-state index in [4.69, 9.17) is 0 Å². The monoisotopic (exact) mass is 399 g/mol. The number of amides is 1. The van der Waals surface area contributed by atoms with Gasteiger partial charge in [0, 0.05) is 25.7 Å². The molecule has 1 spiro atoms. The summed E-state index contributed by atoms with van der Waals surface area (Å²) in [4.78, 5) is 22.8. The van der Waals surface area contributed by atoms with Gasteiger partial charge in [0.1, 0.15) is 0 Å². The van der Waals surface area contributed by atoms with Crippen molar-refractivity contribution in [3.8, 4) is 0 Å². The summed E-state index contributed by atoms with van der Waals surface area (Å²) in [5.41, 5.74) is 2.39. The van der Waals surface area contributed by atoms with Gasteiger partial charge in [-0.25, -0.2) is 0 Å². The zero-order valence-electron chi connectivity index (χ0n) is 16.8. The van der Waals surface area contributed by atoms with E-state index in [1.165, 1.54) is 16.4 Å². The first-order chi connectivity index (χ1) is 13.5. The van der Waals surface area contributed by atoms with Crippen LogP contribution in [0.25, 0.3) is 0 Å². The van der Waals surface area contributed by atoms with Crippen molar-refractivity contribution >= 4 is 17.4 Å². The highest BCUT2D eigenvalue weighted by Crippen LogP contribution is 2.41. The van der Waals surface area contributed by atoms with Crippen LogP contribution in [0.4, 0.5) is 0 Å². The summed E-state index contributed by atoms with van der Waals surface area (Å²) in [5, 5.41) is 4.31. The Balaban J connectivity index is 1.36. The second-order valence-electron chi connectivity index (χ2n) is 8.58. The van der Waals surface area contributed by atoms with Crippen LogP contribution in [-0.4, -0.2) is 49.9 Å². The molecule has 6 nitrogen and oxygen atoms in total. The standard InChI is InChI=1S/C21H29N5OS/c1-16(2)20-18(28-24-23-20)14-25-11-8-21(9-12-25)7-6-19(27)26(15-21)13-17-5-3-4-10-22-17/h3-5,10,16H,6-9,11-15H2,1-2H3. The number of likely N-dealkylation sites (tertiary alicyclic amines) is 2. The van der Waals surface area contributed by atoms with Gasteiger partial charge in [0.15, 0.2) is 0 Å². The van der Waals surface area contributed by atoms with Crippen LogP contribution in [0.15, 0.2) is 24.4 Å². The molecule has 0 atom stereocenters.